The average Bonchev–Trinajstić information content (AvgIpc) is 2.54. The Morgan fingerprint density at radius 3 is 2.76 bits per heavy atom. The normalized spacial score (nSPS) is 10.9. The summed E-state index contributed by atoms with van der Waals surface area (Å²) in [5, 5.41) is 3.84. The van der Waals surface area contributed by atoms with E-state index in [1.165, 1.54) is 6.08 Å². The number of amides is 1. The molecule has 4 heteroatoms. The number of rotatable bonds is 3. The molecule has 1 aromatic carbocycles. The van der Waals surface area contributed by atoms with Crippen molar-refractivity contribution in [3.8, 4) is 0 Å². The minimum absolute atomic E-state index is 0.197. The van der Waals surface area contributed by atoms with Crippen molar-refractivity contribution >= 4 is 28.6 Å². The van der Waals surface area contributed by atoms with E-state index < -0.39 is 0 Å². The number of benzene rings is 1. The van der Waals surface area contributed by atoms with E-state index in [1.807, 2.05) is 42.5 Å². The molecule has 102 valence electrons. The first-order valence-electron chi connectivity index (χ1n) is 6.56. The maximum Gasteiger partial charge on any atom is 0.248 e. The summed E-state index contributed by atoms with van der Waals surface area (Å²) in [6, 6.07) is 13.2. The zero-order chi connectivity index (χ0) is 14.5. The lowest BCUT2D eigenvalue weighted by atomic mass is 10.2. The molecule has 3 rings (SSSR count). The van der Waals surface area contributed by atoms with E-state index in [1.54, 1.807) is 24.7 Å². The van der Waals surface area contributed by atoms with Crippen LogP contribution in [0.3, 0.4) is 0 Å². The predicted molar refractivity (Wildman–Crippen MR) is 83.6 cm³/mol. The molecule has 1 amide bonds. The second-order valence-corrected chi connectivity index (χ2v) is 4.49. The van der Waals surface area contributed by atoms with E-state index in [0.29, 0.717) is 5.69 Å². The summed E-state index contributed by atoms with van der Waals surface area (Å²) in [7, 11) is 0. The lowest BCUT2D eigenvalue weighted by Gasteiger charge is -2.05. The van der Waals surface area contributed by atoms with Gasteiger partial charge < -0.3 is 5.32 Å². The van der Waals surface area contributed by atoms with Gasteiger partial charge >= 0.3 is 0 Å². The van der Waals surface area contributed by atoms with Gasteiger partial charge in [-0.05, 0) is 29.8 Å². The second-order valence-electron chi connectivity index (χ2n) is 4.49. The number of pyridine rings is 2. The van der Waals surface area contributed by atoms with Gasteiger partial charge in [-0.1, -0.05) is 24.3 Å². The Kier molecular flexibility index (Phi) is 3.69. The molecule has 0 atom stereocenters. The van der Waals surface area contributed by atoms with Crippen LogP contribution in [0.15, 0.2) is 67.1 Å². The van der Waals surface area contributed by atoms with Gasteiger partial charge in [0, 0.05) is 30.1 Å². The highest BCUT2D eigenvalue weighted by molar-refractivity contribution is 6.06. The Hall–Kier alpha value is -3.01. The molecule has 2 heterocycles. The highest BCUT2D eigenvalue weighted by Crippen LogP contribution is 2.20. The SMILES string of the molecule is O=C(C=Cc1cccnc1)Nc1cccc2cccnc12. The second kappa shape index (κ2) is 5.96. The molecular formula is C17H13N3O. The standard InChI is InChI=1S/C17H13N3O/c21-16(9-8-13-4-2-10-18-12-13)20-15-7-1-5-14-6-3-11-19-17(14)15/h1-12H,(H,20,21). The lowest BCUT2D eigenvalue weighted by molar-refractivity contribution is -0.111. The van der Waals surface area contributed by atoms with Gasteiger partial charge in [0.2, 0.25) is 5.91 Å². The maximum absolute atomic E-state index is 12.0. The molecule has 0 saturated carbocycles. The maximum atomic E-state index is 12.0. The Bertz CT molecular complexity index is 792. The van der Waals surface area contributed by atoms with Crippen molar-refractivity contribution < 1.29 is 4.79 Å². The summed E-state index contributed by atoms with van der Waals surface area (Å²) in [5.74, 6) is -0.197. The van der Waals surface area contributed by atoms with E-state index in [9.17, 15) is 4.79 Å². The van der Waals surface area contributed by atoms with Gasteiger partial charge in [-0.3, -0.25) is 14.8 Å². The number of anilines is 1. The van der Waals surface area contributed by atoms with Crippen LogP contribution in [0.2, 0.25) is 0 Å². The number of carbonyl (C=O) groups excluding carboxylic acids is 1. The van der Waals surface area contributed by atoms with E-state index in [-0.39, 0.29) is 5.91 Å². The molecule has 0 aliphatic rings. The lowest BCUT2D eigenvalue weighted by Crippen LogP contribution is -2.08. The minimum atomic E-state index is -0.197. The number of hydrogen-bond donors (Lipinski definition) is 1. The smallest absolute Gasteiger partial charge is 0.248 e. The van der Waals surface area contributed by atoms with Crippen molar-refractivity contribution in [3.63, 3.8) is 0 Å². The number of nitrogens with zero attached hydrogens (tertiary/aromatic N) is 2. The highest BCUT2D eigenvalue weighted by atomic mass is 16.1. The third-order valence-corrected chi connectivity index (χ3v) is 3.00. The molecule has 4 nitrogen and oxygen atoms in total. The summed E-state index contributed by atoms with van der Waals surface area (Å²) >= 11 is 0. The number of para-hydroxylation sites is 1. The fourth-order valence-electron chi connectivity index (χ4n) is 2.03. The van der Waals surface area contributed by atoms with Crippen LogP contribution < -0.4 is 5.32 Å². The molecule has 0 bridgehead atoms. The van der Waals surface area contributed by atoms with Gasteiger partial charge in [0.05, 0.1) is 11.2 Å². The van der Waals surface area contributed by atoms with E-state index in [0.717, 1.165) is 16.5 Å². The fourth-order valence-corrected chi connectivity index (χ4v) is 2.03. The van der Waals surface area contributed by atoms with Crippen molar-refractivity contribution in [1.82, 2.24) is 9.97 Å². The first-order valence-corrected chi connectivity index (χ1v) is 6.56. The van der Waals surface area contributed by atoms with Crippen LogP contribution in [0.4, 0.5) is 5.69 Å². The topological polar surface area (TPSA) is 54.9 Å². The van der Waals surface area contributed by atoms with Crippen LogP contribution in [-0.2, 0) is 4.79 Å². The quantitative estimate of drug-likeness (QED) is 0.746. The first-order chi connectivity index (χ1) is 10.3. The molecule has 1 N–H and O–H groups in total. The van der Waals surface area contributed by atoms with Crippen LogP contribution >= 0.6 is 0 Å². The van der Waals surface area contributed by atoms with Gasteiger partial charge in [-0.25, -0.2) is 0 Å². The Labute approximate surface area is 122 Å². The molecule has 0 radical (unpaired) electrons. The van der Waals surface area contributed by atoms with Gasteiger partial charge in [-0.2, -0.15) is 0 Å². The van der Waals surface area contributed by atoms with Crippen molar-refractivity contribution in [3.05, 3.63) is 72.7 Å². The third kappa shape index (κ3) is 3.12. The van der Waals surface area contributed by atoms with Crippen molar-refractivity contribution in [2.24, 2.45) is 0 Å². The summed E-state index contributed by atoms with van der Waals surface area (Å²) in [6.45, 7) is 0. The van der Waals surface area contributed by atoms with E-state index in [4.69, 9.17) is 0 Å². The summed E-state index contributed by atoms with van der Waals surface area (Å²) < 4.78 is 0. The predicted octanol–water partition coefficient (Wildman–Crippen LogP) is 3.28. The fraction of sp³-hybridized carbons (Fsp3) is 0. The molecule has 2 aromatic heterocycles. The Balaban J connectivity index is 1.79. The molecule has 21 heavy (non-hydrogen) atoms. The first kappa shape index (κ1) is 13.0. The van der Waals surface area contributed by atoms with E-state index >= 15 is 0 Å². The zero-order valence-electron chi connectivity index (χ0n) is 11.2. The minimum Gasteiger partial charge on any atom is -0.321 e. The number of nitrogens with one attached hydrogen (secondary N) is 1. The highest BCUT2D eigenvalue weighted by Gasteiger charge is 2.03. The van der Waals surface area contributed by atoms with Crippen LogP contribution in [0.25, 0.3) is 17.0 Å². The zero-order valence-corrected chi connectivity index (χ0v) is 11.2. The molecule has 0 spiro atoms. The van der Waals surface area contributed by atoms with Crippen LogP contribution in [0, 0.1) is 0 Å². The van der Waals surface area contributed by atoms with Crippen molar-refractivity contribution in [2.75, 3.05) is 5.32 Å². The van der Waals surface area contributed by atoms with Crippen molar-refractivity contribution in [2.45, 2.75) is 0 Å². The van der Waals surface area contributed by atoms with Gasteiger partial charge in [0.15, 0.2) is 0 Å². The molecule has 0 aliphatic heterocycles. The van der Waals surface area contributed by atoms with Crippen LogP contribution in [-0.4, -0.2) is 15.9 Å². The number of fused-ring (bicyclic) bond motifs is 1. The van der Waals surface area contributed by atoms with Crippen LogP contribution in [0.5, 0.6) is 0 Å². The molecular weight excluding hydrogens is 262 g/mol. The van der Waals surface area contributed by atoms with Crippen LogP contribution in [0.1, 0.15) is 5.56 Å². The number of hydrogen-bond acceptors (Lipinski definition) is 3. The summed E-state index contributed by atoms with van der Waals surface area (Å²) in [5.41, 5.74) is 2.36. The molecule has 0 unspecified atom stereocenters. The third-order valence-electron chi connectivity index (χ3n) is 3.00. The number of carbonyl (C=O) groups is 1. The Morgan fingerprint density at radius 2 is 1.90 bits per heavy atom. The molecule has 3 aromatic rings. The Morgan fingerprint density at radius 1 is 1.05 bits per heavy atom. The largest absolute Gasteiger partial charge is 0.321 e. The number of aromatic nitrogens is 2. The monoisotopic (exact) mass is 275 g/mol. The summed E-state index contributed by atoms with van der Waals surface area (Å²) in [6.07, 6.45) is 8.31. The van der Waals surface area contributed by atoms with Gasteiger partial charge in [0.25, 0.3) is 0 Å². The van der Waals surface area contributed by atoms with Crippen molar-refractivity contribution in [1.29, 1.82) is 0 Å². The molecule has 0 fully saturated rings. The average molecular weight is 275 g/mol. The van der Waals surface area contributed by atoms with Gasteiger partial charge in [-0.15, -0.1) is 0 Å². The summed E-state index contributed by atoms with van der Waals surface area (Å²) in [4.78, 5) is 20.3. The van der Waals surface area contributed by atoms with E-state index in [2.05, 4.69) is 15.3 Å². The molecule has 0 saturated heterocycles. The van der Waals surface area contributed by atoms with Gasteiger partial charge in [0.1, 0.15) is 0 Å². The molecule has 0 aliphatic carbocycles.